The molecule has 1 aromatic heterocycles. The van der Waals surface area contributed by atoms with Crippen LogP contribution < -0.4 is 10.6 Å². The van der Waals surface area contributed by atoms with Crippen LogP contribution in [-0.2, 0) is 0 Å². The van der Waals surface area contributed by atoms with Gasteiger partial charge in [-0.15, -0.1) is 0 Å². The van der Waals surface area contributed by atoms with E-state index in [-0.39, 0.29) is 17.3 Å². The van der Waals surface area contributed by atoms with Crippen molar-refractivity contribution in [2.45, 2.75) is 0 Å². The van der Waals surface area contributed by atoms with Crippen molar-refractivity contribution in [2.75, 3.05) is 10.6 Å². The minimum atomic E-state index is -0.607. The largest absolute Gasteiger partial charge is 0.338 e. The van der Waals surface area contributed by atoms with E-state index in [1.54, 1.807) is 6.19 Å². The highest BCUT2D eigenvalue weighted by Gasteiger charge is 2.05. The third-order valence-corrected chi connectivity index (χ3v) is 2.04. The summed E-state index contributed by atoms with van der Waals surface area (Å²) in [5, 5.41) is 13.3. The van der Waals surface area contributed by atoms with Gasteiger partial charge in [-0.05, 0) is 12.1 Å². The molecule has 2 rings (SSSR count). The molecule has 0 fully saturated rings. The highest BCUT2D eigenvalue weighted by atomic mass is 19.1. The summed E-state index contributed by atoms with van der Waals surface area (Å²) >= 11 is 0. The molecule has 7 heteroatoms. The Balaban J connectivity index is 2.26. The average molecular weight is 247 g/mol. The monoisotopic (exact) mass is 247 g/mol. The summed E-state index contributed by atoms with van der Waals surface area (Å²) in [4.78, 5) is 7.59. The molecule has 0 unspecified atom stereocenters. The summed E-state index contributed by atoms with van der Waals surface area (Å²) in [6.07, 6.45) is 2.89. The zero-order valence-corrected chi connectivity index (χ0v) is 8.98. The van der Waals surface area contributed by atoms with Gasteiger partial charge >= 0.3 is 0 Å². The van der Waals surface area contributed by atoms with Crippen LogP contribution in [0.4, 0.5) is 26.1 Å². The van der Waals surface area contributed by atoms with Crippen molar-refractivity contribution in [3.05, 3.63) is 42.2 Å². The van der Waals surface area contributed by atoms with Crippen molar-refractivity contribution in [1.29, 1.82) is 5.26 Å². The molecule has 0 spiro atoms. The molecule has 0 amide bonds. The first-order chi connectivity index (χ1) is 8.69. The Labute approximate surface area is 101 Å². The maximum atomic E-state index is 13.4. The lowest BCUT2D eigenvalue weighted by atomic mass is 10.3. The van der Waals surface area contributed by atoms with E-state index in [1.807, 2.05) is 0 Å². The van der Waals surface area contributed by atoms with Crippen LogP contribution in [0.5, 0.6) is 0 Å². The molecule has 0 saturated carbocycles. The van der Waals surface area contributed by atoms with E-state index in [9.17, 15) is 8.78 Å². The molecule has 2 aromatic rings. The number of anilines is 3. The number of nitrogens with zero attached hydrogens (tertiary/aromatic N) is 3. The number of nitriles is 1. The third kappa shape index (κ3) is 2.68. The number of hydrogen-bond donors (Lipinski definition) is 2. The smallest absolute Gasteiger partial charge is 0.182 e. The highest BCUT2D eigenvalue weighted by molar-refractivity contribution is 5.59. The average Bonchev–Trinajstić information content (AvgIpc) is 2.35. The zero-order chi connectivity index (χ0) is 13.0. The molecule has 0 aliphatic heterocycles. The molecular weight excluding hydrogens is 240 g/mol. The van der Waals surface area contributed by atoms with E-state index < -0.39 is 11.6 Å². The number of hydrogen-bond acceptors (Lipinski definition) is 5. The fraction of sp³-hybridized carbons (Fsp3) is 0. The predicted molar refractivity (Wildman–Crippen MR) is 60.9 cm³/mol. The van der Waals surface area contributed by atoms with E-state index in [4.69, 9.17) is 5.26 Å². The van der Waals surface area contributed by atoms with Crippen molar-refractivity contribution in [2.24, 2.45) is 0 Å². The Morgan fingerprint density at radius 2 is 1.89 bits per heavy atom. The van der Waals surface area contributed by atoms with Crippen LogP contribution in [0.15, 0.2) is 30.6 Å². The maximum Gasteiger partial charge on any atom is 0.182 e. The number of nitrogens with one attached hydrogen (secondary N) is 2. The first kappa shape index (κ1) is 11.7. The van der Waals surface area contributed by atoms with Gasteiger partial charge in [0.15, 0.2) is 6.19 Å². The minimum absolute atomic E-state index is 0.0448. The fourth-order valence-corrected chi connectivity index (χ4v) is 1.28. The van der Waals surface area contributed by atoms with Crippen molar-refractivity contribution >= 4 is 17.3 Å². The molecule has 0 saturated heterocycles. The van der Waals surface area contributed by atoms with Crippen LogP contribution in [-0.4, -0.2) is 9.97 Å². The van der Waals surface area contributed by atoms with Crippen LogP contribution in [0.25, 0.3) is 0 Å². The standard InChI is InChI=1S/C11H7F2N5/c12-7-1-2-8(13)9(3-7)18-11-4-10(15-5-14)16-6-17-11/h1-4,6H,(H2,15,16,17,18). The van der Waals surface area contributed by atoms with Gasteiger partial charge in [-0.1, -0.05) is 0 Å². The van der Waals surface area contributed by atoms with Gasteiger partial charge < -0.3 is 5.32 Å². The van der Waals surface area contributed by atoms with Gasteiger partial charge in [-0.3, -0.25) is 5.32 Å². The molecule has 90 valence electrons. The second kappa shape index (κ2) is 5.05. The summed E-state index contributed by atoms with van der Waals surface area (Å²) in [5.41, 5.74) is -0.0448. The molecule has 0 atom stereocenters. The van der Waals surface area contributed by atoms with E-state index >= 15 is 0 Å². The van der Waals surface area contributed by atoms with Gasteiger partial charge in [0.25, 0.3) is 0 Å². The van der Waals surface area contributed by atoms with Crippen LogP contribution in [0.2, 0.25) is 0 Å². The fourth-order valence-electron chi connectivity index (χ4n) is 1.28. The second-order valence-corrected chi connectivity index (χ2v) is 3.27. The van der Waals surface area contributed by atoms with Crippen molar-refractivity contribution in [1.82, 2.24) is 9.97 Å². The summed E-state index contributed by atoms with van der Waals surface area (Å²) < 4.78 is 26.3. The van der Waals surface area contributed by atoms with Crippen LogP contribution in [0, 0.1) is 23.1 Å². The molecule has 0 aliphatic rings. The van der Waals surface area contributed by atoms with Crippen molar-refractivity contribution in [3.63, 3.8) is 0 Å². The molecular formula is C11H7F2N5. The lowest BCUT2D eigenvalue weighted by molar-refractivity contribution is 0.603. The first-order valence-corrected chi connectivity index (χ1v) is 4.88. The Hall–Kier alpha value is -2.75. The molecule has 18 heavy (non-hydrogen) atoms. The molecule has 2 N–H and O–H groups in total. The molecule has 1 aromatic carbocycles. The minimum Gasteiger partial charge on any atom is -0.338 e. The van der Waals surface area contributed by atoms with E-state index in [0.717, 1.165) is 18.2 Å². The second-order valence-electron chi connectivity index (χ2n) is 3.27. The quantitative estimate of drug-likeness (QED) is 0.643. The van der Waals surface area contributed by atoms with E-state index in [0.29, 0.717) is 0 Å². The molecule has 1 heterocycles. The summed E-state index contributed by atoms with van der Waals surface area (Å²) in [5.74, 6) is -0.674. The third-order valence-electron chi connectivity index (χ3n) is 2.04. The van der Waals surface area contributed by atoms with E-state index in [1.165, 1.54) is 12.4 Å². The lowest BCUT2D eigenvalue weighted by Gasteiger charge is -2.07. The van der Waals surface area contributed by atoms with Crippen LogP contribution >= 0.6 is 0 Å². The number of aromatic nitrogens is 2. The molecule has 5 nitrogen and oxygen atoms in total. The molecule has 0 aliphatic carbocycles. The summed E-state index contributed by atoms with van der Waals surface area (Å²) in [6.45, 7) is 0. The molecule has 0 bridgehead atoms. The number of rotatable bonds is 3. The van der Waals surface area contributed by atoms with Gasteiger partial charge in [0, 0.05) is 12.1 Å². The Morgan fingerprint density at radius 3 is 2.67 bits per heavy atom. The Kier molecular flexibility index (Phi) is 3.29. The summed E-state index contributed by atoms with van der Waals surface area (Å²) in [6, 6.07) is 4.43. The molecule has 0 radical (unpaired) electrons. The van der Waals surface area contributed by atoms with Crippen molar-refractivity contribution < 1.29 is 8.78 Å². The lowest BCUT2D eigenvalue weighted by Crippen LogP contribution is -1.99. The predicted octanol–water partition coefficient (Wildman–Crippen LogP) is 2.39. The Morgan fingerprint density at radius 1 is 1.11 bits per heavy atom. The van der Waals surface area contributed by atoms with Gasteiger partial charge in [0.1, 0.15) is 29.6 Å². The zero-order valence-electron chi connectivity index (χ0n) is 8.98. The Bertz CT molecular complexity index is 609. The first-order valence-electron chi connectivity index (χ1n) is 4.88. The van der Waals surface area contributed by atoms with Crippen LogP contribution in [0.3, 0.4) is 0 Å². The number of halogens is 2. The van der Waals surface area contributed by atoms with E-state index in [2.05, 4.69) is 20.6 Å². The SMILES string of the molecule is N#CNc1cc(Nc2cc(F)ccc2F)ncn1. The maximum absolute atomic E-state index is 13.4. The van der Waals surface area contributed by atoms with Gasteiger partial charge in [0.05, 0.1) is 5.69 Å². The normalized spacial score (nSPS) is 9.61. The van der Waals surface area contributed by atoms with Crippen molar-refractivity contribution in [3.8, 4) is 6.19 Å². The topological polar surface area (TPSA) is 73.6 Å². The van der Waals surface area contributed by atoms with Gasteiger partial charge in [-0.2, -0.15) is 5.26 Å². The number of benzene rings is 1. The highest BCUT2D eigenvalue weighted by Crippen LogP contribution is 2.20. The van der Waals surface area contributed by atoms with Crippen LogP contribution in [0.1, 0.15) is 0 Å². The van der Waals surface area contributed by atoms with Gasteiger partial charge in [-0.25, -0.2) is 18.7 Å². The van der Waals surface area contributed by atoms with Gasteiger partial charge in [0.2, 0.25) is 0 Å². The summed E-state index contributed by atoms with van der Waals surface area (Å²) in [7, 11) is 0.